The van der Waals surface area contributed by atoms with Crippen LogP contribution in [0.2, 0.25) is 0 Å². The molecule has 5 heteroatoms. The molecular weight excluding hydrogens is 482 g/mol. The lowest BCUT2D eigenvalue weighted by Crippen LogP contribution is -2.19. The van der Waals surface area contributed by atoms with Gasteiger partial charge in [0.25, 0.3) is 0 Å². The van der Waals surface area contributed by atoms with E-state index in [0.29, 0.717) is 28.6 Å². The minimum Gasteiger partial charge on any atom is -0.507 e. The molecule has 5 aromatic rings. The SMILES string of the molecule is Cc1ccc(-c2nc(-c3ccc(C)cc3C)nc(-c3cc(C(C)(C)c4ccccc4)c(O)cc3O)n2)c(C)c1. The Balaban J connectivity index is 1.76. The van der Waals surface area contributed by atoms with Gasteiger partial charge >= 0.3 is 0 Å². The molecule has 5 nitrogen and oxygen atoms in total. The molecule has 0 bridgehead atoms. The molecule has 0 fully saturated rings. The van der Waals surface area contributed by atoms with Crippen LogP contribution in [0.4, 0.5) is 0 Å². The molecule has 0 aliphatic rings. The summed E-state index contributed by atoms with van der Waals surface area (Å²) in [5.41, 5.74) is 7.84. The second-order valence-electron chi connectivity index (χ2n) is 10.8. The van der Waals surface area contributed by atoms with Crippen molar-refractivity contribution in [3.63, 3.8) is 0 Å². The molecule has 4 aromatic carbocycles. The minimum atomic E-state index is -0.534. The summed E-state index contributed by atoms with van der Waals surface area (Å²) >= 11 is 0. The summed E-state index contributed by atoms with van der Waals surface area (Å²) in [6, 6.07) is 25.5. The number of aryl methyl sites for hydroxylation is 4. The van der Waals surface area contributed by atoms with Crippen molar-refractivity contribution >= 4 is 0 Å². The Kier molecular flexibility index (Phi) is 6.69. The Morgan fingerprint density at radius 2 is 1.03 bits per heavy atom. The predicted molar refractivity (Wildman–Crippen MR) is 157 cm³/mol. The first-order chi connectivity index (χ1) is 18.5. The van der Waals surface area contributed by atoms with Gasteiger partial charge in [0.1, 0.15) is 11.5 Å². The molecule has 0 saturated heterocycles. The second-order valence-corrected chi connectivity index (χ2v) is 10.8. The summed E-state index contributed by atoms with van der Waals surface area (Å²) in [6.45, 7) is 12.3. The summed E-state index contributed by atoms with van der Waals surface area (Å²) in [7, 11) is 0. The van der Waals surface area contributed by atoms with Gasteiger partial charge in [0, 0.05) is 28.2 Å². The van der Waals surface area contributed by atoms with E-state index in [-0.39, 0.29) is 11.5 Å². The maximum Gasteiger partial charge on any atom is 0.167 e. The lowest BCUT2D eigenvalue weighted by atomic mass is 9.77. The lowest BCUT2D eigenvalue weighted by molar-refractivity contribution is 0.437. The standard InChI is InChI=1S/C34H33N3O2/c1-20-12-14-25(22(3)16-20)31-35-32(26-15-13-21(2)17-23(26)4)37-33(36-31)27-18-28(30(39)19-29(27)38)34(5,6)24-10-8-7-9-11-24/h7-19,38-39H,1-6H3. The van der Waals surface area contributed by atoms with Crippen LogP contribution in [0.25, 0.3) is 34.2 Å². The number of phenols is 2. The van der Waals surface area contributed by atoms with E-state index >= 15 is 0 Å². The van der Waals surface area contributed by atoms with Crippen LogP contribution in [-0.2, 0) is 5.41 Å². The average molecular weight is 516 g/mol. The molecule has 196 valence electrons. The molecule has 0 atom stereocenters. The van der Waals surface area contributed by atoms with Crippen molar-refractivity contribution < 1.29 is 10.2 Å². The fourth-order valence-electron chi connectivity index (χ4n) is 5.13. The van der Waals surface area contributed by atoms with Crippen molar-refractivity contribution in [2.24, 2.45) is 0 Å². The summed E-state index contributed by atoms with van der Waals surface area (Å²) in [6.07, 6.45) is 0. The van der Waals surface area contributed by atoms with Crippen molar-refractivity contribution in [3.05, 3.63) is 112 Å². The van der Waals surface area contributed by atoms with Crippen LogP contribution in [-0.4, -0.2) is 25.2 Å². The van der Waals surface area contributed by atoms with Gasteiger partial charge in [0.05, 0.1) is 5.56 Å². The number of hydrogen-bond acceptors (Lipinski definition) is 5. The van der Waals surface area contributed by atoms with E-state index in [0.717, 1.165) is 38.9 Å². The molecule has 0 radical (unpaired) electrons. The Morgan fingerprint density at radius 3 is 1.51 bits per heavy atom. The maximum atomic E-state index is 11.1. The normalized spacial score (nSPS) is 11.5. The Bertz CT molecular complexity index is 1620. The van der Waals surface area contributed by atoms with E-state index in [1.165, 1.54) is 6.07 Å². The molecule has 0 amide bonds. The van der Waals surface area contributed by atoms with Gasteiger partial charge in [-0.2, -0.15) is 0 Å². The molecule has 0 unspecified atom stereocenters. The fraction of sp³-hybridized carbons (Fsp3) is 0.206. The van der Waals surface area contributed by atoms with E-state index in [9.17, 15) is 10.2 Å². The number of benzene rings is 4. The monoisotopic (exact) mass is 515 g/mol. The zero-order chi connectivity index (χ0) is 27.9. The van der Waals surface area contributed by atoms with Crippen LogP contribution in [0.3, 0.4) is 0 Å². The highest BCUT2D eigenvalue weighted by Gasteiger charge is 2.28. The predicted octanol–water partition coefficient (Wildman–Crippen LogP) is 7.84. The molecule has 1 aromatic heterocycles. The largest absolute Gasteiger partial charge is 0.507 e. The molecular formula is C34H33N3O2. The molecule has 1 heterocycles. The molecule has 0 spiro atoms. The smallest absolute Gasteiger partial charge is 0.167 e. The minimum absolute atomic E-state index is 0.0170. The van der Waals surface area contributed by atoms with E-state index in [1.807, 2.05) is 82.3 Å². The van der Waals surface area contributed by atoms with Crippen LogP contribution >= 0.6 is 0 Å². The van der Waals surface area contributed by atoms with Gasteiger partial charge in [-0.3, -0.25) is 0 Å². The molecule has 0 aliphatic carbocycles. The van der Waals surface area contributed by atoms with Crippen molar-refractivity contribution in [2.45, 2.75) is 47.0 Å². The highest BCUT2D eigenvalue weighted by atomic mass is 16.3. The van der Waals surface area contributed by atoms with Gasteiger partial charge in [0.2, 0.25) is 0 Å². The van der Waals surface area contributed by atoms with E-state index in [2.05, 4.69) is 26.0 Å². The third kappa shape index (κ3) is 5.00. The van der Waals surface area contributed by atoms with Gasteiger partial charge in [-0.15, -0.1) is 0 Å². The van der Waals surface area contributed by atoms with E-state index < -0.39 is 5.41 Å². The third-order valence-electron chi connectivity index (χ3n) is 7.40. The van der Waals surface area contributed by atoms with E-state index in [4.69, 9.17) is 15.0 Å². The summed E-state index contributed by atoms with van der Waals surface area (Å²) < 4.78 is 0. The summed E-state index contributed by atoms with van der Waals surface area (Å²) in [5, 5.41) is 22.0. The van der Waals surface area contributed by atoms with Crippen LogP contribution in [0.15, 0.2) is 78.9 Å². The molecule has 0 aliphatic heterocycles. The Morgan fingerprint density at radius 1 is 0.538 bits per heavy atom. The number of nitrogens with zero attached hydrogens (tertiary/aromatic N) is 3. The van der Waals surface area contributed by atoms with Crippen molar-refractivity contribution in [3.8, 4) is 45.7 Å². The van der Waals surface area contributed by atoms with Crippen LogP contribution in [0.5, 0.6) is 11.5 Å². The number of aromatic hydroxyl groups is 2. The highest BCUT2D eigenvalue weighted by molar-refractivity contribution is 5.74. The van der Waals surface area contributed by atoms with E-state index in [1.54, 1.807) is 6.07 Å². The first kappa shape index (κ1) is 26.1. The molecule has 0 saturated carbocycles. The topological polar surface area (TPSA) is 79.1 Å². The quantitative estimate of drug-likeness (QED) is 0.249. The summed E-state index contributed by atoms with van der Waals surface area (Å²) in [4.78, 5) is 14.6. The molecule has 39 heavy (non-hydrogen) atoms. The number of hydrogen-bond donors (Lipinski definition) is 2. The number of rotatable bonds is 5. The first-order valence-corrected chi connectivity index (χ1v) is 13.1. The number of phenolic OH excluding ortho intramolecular Hbond substituents is 2. The highest BCUT2D eigenvalue weighted by Crippen LogP contribution is 2.42. The van der Waals surface area contributed by atoms with Gasteiger partial charge in [0.15, 0.2) is 17.5 Å². The van der Waals surface area contributed by atoms with Crippen molar-refractivity contribution in [2.75, 3.05) is 0 Å². The lowest BCUT2D eigenvalue weighted by Gasteiger charge is -2.27. The molecule has 5 rings (SSSR count). The van der Waals surface area contributed by atoms with Crippen LogP contribution in [0, 0.1) is 27.7 Å². The maximum absolute atomic E-state index is 11.1. The first-order valence-electron chi connectivity index (χ1n) is 13.1. The van der Waals surface area contributed by atoms with Gasteiger partial charge < -0.3 is 10.2 Å². The number of aromatic nitrogens is 3. The average Bonchev–Trinajstić information content (AvgIpc) is 2.89. The van der Waals surface area contributed by atoms with Crippen LogP contribution < -0.4 is 0 Å². The Hall–Kier alpha value is -4.51. The Labute approximate surface area is 229 Å². The van der Waals surface area contributed by atoms with Gasteiger partial charge in [-0.05, 0) is 50.5 Å². The zero-order valence-electron chi connectivity index (χ0n) is 23.2. The van der Waals surface area contributed by atoms with Gasteiger partial charge in [-0.1, -0.05) is 91.7 Å². The third-order valence-corrected chi connectivity index (χ3v) is 7.40. The summed E-state index contributed by atoms with van der Waals surface area (Å²) in [5.74, 6) is 1.33. The van der Waals surface area contributed by atoms with Crippen molar-refractivity contribution in [1.29, 1.82) is 0 Å². The van der Waals surface area contributed by atoms with Crippen LogP contribution in [0.1, 0.15) is 47.2 Å². The molecule has 2 N–H and O–H groups in total. The van der Waals surface area contributed by atoms with Crippen molar-refractivity contribution in [1.82, 2.24) is 15.0 Å². The fourth-order valence-corrected chi connectivity index (χ4v) is 5.13. The second kappa shape index (κ2) is 9.99. The van der Waals surface area contributed by atoms with Gasteiger partial charge in [-0.25, -0.2) is 15.0 Å². The zero-order valence-corrected chi connectivity index (χ0v) is 23.2.